The van der Waals surface area contributed by atoms with Crippen molar-refractivity contribution in [1.82, 2.24) is 0 Å². The van der Waals surface area contributed by atoms with Crippen molar-refractivity contribution in [3.63, 3.8) is 0 Å². The summed E-state index contributed by atoms with van der Waals surface area (Å²) in [5.74, 6) is 0.787. The first-order chi connectivity index (χ1) is 5.79. The van der Waals surface area contributed by atoms with E-state index in [-0.39, 0.29) is 12.6 Å². The van der Waals surface area contributed by atoms with E-state index < -0.39 is 6.10 Å². The molecule has 1 aliphatic rings. The Labute approximate surface area is 70.8 Å². The summed E-state index contributed by atoms with van der Waals surface area (Å²) in [5, 5.41) is 9.37. The van der Waals surface area contributed by atoms with Crippen LogP contribution < -0.4 is 10.5 Å². The monoisotopic (exact) mass is 165 g/mol. The first-order valence-electron chi connectivity index (χ1n) is 3.94. The number of hydrogen-bond donors (Lipinski definition) is 2. The van der Waals surface area contributed by atoms with Crippen molar-refractivity contribution in [3.8, 4) is 5.75 Å². The third kappa shape index (κ3) is 1.07. The summed E-state index contributed by atoms with van der Waals surface area (Å²) < 4.78 is 5.28. The molecule has 0 amide bonds. The topological polar surface area (TPSA) is 55.5 Å². The molecule has 0 saturated carbocycles. The van der Waals surface area contributed by atoms with Crippen LogP contribution in [-0.4, -0.2) is 17.8 Å². The lowest BCUT2D eigenvalue weighted by atomic mass is 9.99. The predicted octanol–water partition coefficient (Wildman–Crippen LogP) is 0.440. The third-order valence-electron chi connectivity index (χ3n) is 2.10. The van der Waals surface area contributed by atoms with E-state index in [0.29, 0.717) is 0 Å². The minimum absolute atomic E-state index is 0.290. The van der Waals surface area contributed by atoms with E-state index >= 15 is 0 Å². The van der Waals surface area contributed by atoms with Crippen LogP contribution in [0.3, 0.4) is 0 Å². The highest BCUT2D eigenvalue weighted by atomic mass is 16.5. The van der Waals surface area contributed by atoms with Gasteiger partial charge in [0.25, 0.3) is 0 Å². The summed E-state index contributed by atoms with van der Waals surface area (Å²) in [6.07, 6.45) is -0.583. The molecule has 3 N–H and O–H groups in total. The second-order valence-corrected chi connectivity index (χ2v) is 2.94. The number of para-hydroxylation sites is 1. The number of fused-ring (bicyclic) bond motifs is 1. The van der Waals surface area contributed by atoms with Gasteiger partial charge in [-0.25, -0.2) is 0 Å². The van der Waals surface area contributed by atoms with Crippen LogP contribution in [0, 0.1) is 0 Å². The van der Waals surface area contributed by atoms with Crippen LogP contribution in [0.15, 0.2) is 24.3 Å². The second-order valence-electron chi connectivity index (χ2n) is 2.94. The summed E-state index contributed by atoms with van der Waals surface area (Å²) in [7, 11) is 0. The van der Waals surface area contributed by atoms with Crippen molar-refractivity contribution in [2.75, 3.05) is 6.61 Å². The molecule has 1 aromatic rings. The van der Waals surface area contributed by atoms with Crippen LogP contribution in [0.25, 0.3) is 0 Å². The molecule has 12 heavy (non-hydrogen) atoms. The molecule has 0 aromatic heterocycles. The Balaban J connectivity index is 2.42. The Kier molecular flexibility index (Phi) is 1.75. The smallest absolute Gasteiger partial charge is 0.124 e. The molecule has 0 aliphatic carbocycles. The SMILES string of the molecule is N[C@@H]1c2ccccc2OC[C@@H]1O. The van der Waals surface area contributed by atoms with Gasteiger partial charge in [0, 0.05) is 5.56 Å². The largest absolute Gasteiger partial charge is 0.490 e. The maximum Gasteiger partial charge on any atom is 0.124 e. The van der Waals surface area contributed by atoms with Crippen molar-refractivity contribution in [2.45, 2.75) is 12.1 Å². The van der Waals surface area contributed by atoms with Gasteiger partial charge in [-0.15, -0.1) is 0 Å². The van der Waals surface area contributed by atoms with Crippen LogP contribution in [0.1, 0.15) is 11.6 Å². The van der Waals surface area contributed by atoms with E-state index in [1.807, 2.05) is 24.3 Å². The Morgan fingerprint density at radius 2 is 2.17 bits per heavy atom. The van der Waals surface area contributed by atoms with Gasteiger partial charge >= 0.3 is 0 Å². The van der Waals surface area contributed by atoms with Gasteiger partial charge in [0.2, 0.25) is 0 Å². The number of aliphatic hydroxyl groups is 1. The average Bonchev–Trinajstić information content (AvgIpc) is 2.12. The minimum Gasteiger partial charge on any atom is -0.490 e. The molecule has 0 unspecified atom stereocenters. The number of aliphatic hydroxyl groups excluding tert-OH is 1. The summed E-state index contributed by atoms with van der Waals surface area (Å²) in [6, 6.07) is 7.21. The molecule has 1 aliphatic heterocycles. The summed E-state index contributed by atoms with van der Waals surface area (Å²) >= 11 is 0. The Hall–Kier alpha value is -1.06. The van der Waals surface area contributed by atoms with E-state index in [1.165, 1.54) is 0 Å². The normalized spacial score (nSPS) is 27.5. The van der Waals surface area contributed by atoms with Crippen LogP contribution >= 0.6 is 0 Å². The standard InChI is InChI=1S/C9H11NO2/c10-9-6-3-1-2-4-8(6)12-5-7(9)11/h1-4,7,9,11H,5,10H2/t7-,9+/m0/s1. The van der Waals surface area contributed by atoms with Crippen LogP contribution in [-0.2, 0) is 0 Å². The molecule has 2 rings (SSSR count). The van der Waals surface area contributed by atoms with E-state index in [1.54, 1.807) is 0 Å². The zero-order valence-electron chi connectivity index (χ0n) is 6.60. The van der Waals surface area contributed by atoms with Crippen LogP contribution in [0.2, 0.25) is 0 Å². The van der Waals surface area contributed by atoms with Gasteiger partial charge in [-0.1, -0.05) is 18.2 Å². The molecule has 1 heterocycles. The molecule has 0 saturated heterocycles. The van der Waals surface area contributed by atoms with Crippen molar-refractivity contribution in [1.29, 1.82) is 0 Å². The first-order valence-corrected chi connectivity index (χ1v) is 3.94. The summed E-state index contributed by atoms with van der Waals surface area (Å²) in [4.78, 5) is 0. The molecule has 3 heteroatoms. The van der Waals surface area contributed by atoms with E-state index in [0.717, 1.165) is 11.3 Å². The first kappa shape index (κ1) is 7.58. The van der Waals surface area contributed by atoms with Gasteiger partial charge in [0.05, 0.1) is 6.04 Å². The molecule has 0 spiro atoms. The van der Waals surface area contributed by atoms with E-state index in [4.69, 9.17) is 10.5 Å². The van der Waals surface area contributed by atoms with Crippen molar-refractivity contribution < 1.29 is 9.84 Å². The highest BCUT2D eigenvalue weighted by molar-refractivity contribution is 5.37. The van der Waals surface area contributed by atoms with Gasteiger partial charge in [-0.2, -0.15) is 0 Å². The lowest BCUT2D eigenvalue weighted by molar-refractivity contribution is 0.0679. The fourth-order valence-electron chi connectivity index (χ4n) is 1.37. The Morgan fingerprint density at radius 3 is 3.00 bits per heavy atom. The van der Waals surface area contributed by atoms with Crippen molar-refractivity contribution in [2.24, 2.45) is 5.73 Å². The van der Waals surface area contributed by atoms with Crippen molar-refractivity contribution in [3.05, 3.63) is 29.8 Å². The summed E-state index contributed by atoms with van der Waals surface area (Å²) in [6.45, 7) is 0.290. The lowest BCUT2D eigenvalue weighted by Gasteiger charge is -2.27. The lowest BCUT2D eigenvalue weighted by Crippen LogP contribution is -2.35. The predicted molar refractivity (Wildman–Crippen MR) is 44.9 cm³/mol. The Morgan fingerprint density at radius 1 is 1.42 bits per heavy atom. The second kappa shape index (κ2) is 2.77. The zero-order valence-corrected chi connectivity index (χ0v) is 6.60. The van der Waals surface area contributed by atoms with Gasteiger partial charge in [-0.05, 0) is 6.07 Å². The zero-order chi connectivity index (χ0) is 8.55. The quantitative estimate of drug-likeness (QED) is 0.586. The van der Waals surface area contributed by atoms with Gasteiger partial charge < -0.3 is 15.6 Å². The van der Waals surface area contributed by atoms with Crippen LogP contribution in [0.4, 0.5) is 0 Å². The van der Waals surface area contributed by atoms with Crippen molar-refractivity contribution >= 4 is 0 Å². The molecule has 0 radical (unpaired) electrons. The minimum atomic E-state index is -0.583. The van der Waals surface area contributed by atoms with E-state index in [2.05, 4.69) is 0 Å². The molecular weight excluding hydrogens is 154 g/mol. The average molecular weight is 165 g/mol. The molecular formula is C9H11NO2. The number of ether oxygens (including phenoxy) is 1. The number of hydrogen-bond acceptors (Lipinski definition) is 3. The molecule has 2 atom stereocenters. The number of benzene rings is 1. The number of nitrogens with two attached hydrogens (primary N) is 1. The Bertz CT molecular complexity index is 288. The molecule has 3 nitrogen and oxygen atoms in total. The van der Waals surface area contributed by atoms with Gasteiger partial charge in [0.15, 0.2) is 0 Å². The third-order valence-corrected chi connectivity index (χ3v) is 2.10. The fourth-order valence-corrected chi connectivity index (χ4v) is 1.37. The number of rotatable bonds is 0. The molecule has 64 valence electrons. The van der Waals surface area contributed by atoms with Gasteiger partial charge in [-0.3, -0.25) is 0 Å². The molecule has 0 fully saturated rings. The van der Waals surface area contributed by atoms with Crippen LogP contribution in [0.5, 0.6) is 5.75 Å². The molecule has 0 bridgehead atoms. The highest BCUT2D eigenvalue weighted by Gasteiger charge is 2.25. The molecule has 1 aromatic carbocycles. The van der Waals surface area contributed by atoms with E-state index in [9.17, 15) is 5.11 Å². The summed E-state index contributed by atoms with van der Waals surface area (Å²) in [5.41, 5.74) is 6.65. The fraction of sp³-hybridized carbons (Fsp3) is 0.333. The maximum absolute atomic E-state index is 9.37. The van der Waals surface area contributed by atoms with Gasteiger partial charge in [0.1, 0.15) is 18.5 Å². The maximum atomic E-state index is 9.37. The highest BCUT2D eigenvalue weighted by Crippen LogP contribution is 2.29.